The molecule has 0 saturated heterocycles. The molecule has 0 spiro atoms. The Kier molecular flexibility index (Phi) is 4.71. The van der Waals surface area contributed by atoms with Gasteiger partial charge in [-0.2, -0.15) is 5.10 Å². The lowest BCUT2D eigenvalue weighted by Crippen LogP contribution is -2.52. The largest absolute Gasteiger partial charge is 0.349 e. The van der Waals surface area contributed by atoms with Crippen LogP contribution in [0.2, 0.25) is 0 Å². The molecule has 1 aromatic heterocycles. The quantitative estimate of drug-likeness (QED) is 0.886. The number of rotatable bonds is 5. The van der Waals surface area contributed by atoms with Crippen LogP contribution in [0.25, 0.3) is 5.69 Å². The summed E-state index contributed by atoms with van der Waals surface area (Å²) in [6.45, 7) is 4.49. The van der Waals surface area contributed by atoms with Crippen molar-refractivity contribution in [2.24, 2.45) is 5.73 Å². The number of aryl methyl sites for hydroxylation is 1. The first-order valence-electron chi connectivity index (χ1n) is 8.66. The minimum atomic E-state index is -0.200. The van der Waals surface area contributed by atoms with Gasteiger partial charge in [0, 0.05) is 17.8 Å². The van der Waals surface area contributed by atoms with E-state index in [4.69, 9.17) is 5.73 Å². The zero-order chi connectivity index (χ0) is 17.2. The number of para-hydroxylation sites is 1. The highest BCUT2D eigenvalue weighted by atomic mass is 16.1. The topological polar surface area (TPSA) is 72.9 Å². The van der Waals surface area contributed by atoms with E-state index in [-0.39, 0.29) is 11.4 Å². The predicted octanol–water partition coefficient (Wildman–Crippen LogP) is 2.42. The highest BCUT2D eigenvalue weighted by molar-refractivity contribution is 5.80. The van der Waals surface area contributed by atoms with Crippen molar-refractivity contribution in [1.29, 1.82) is 0 Å². The third-order valence-electron chi connectivity index (χ3n) is 5.14. The maximum absolute atomic E-state index is 12.6. The van der Waals surface area contributed by atoms with Crippen LogP contribution in [0, 0.1) is 13.8 Å². The molecule has 24 heavy (non-hydrogen) atoms. The highest BCUT2D eigenvalue weighted by Crippen LogP contribution is 2.29. The summed E-state index contributed by atoms with van der Waals surface area (Å²) in [5.41, 5.74) is 9.65. The summed E-state index contributed by atoms with van der Waals surface area (Å²) in [5.74, 6) is 0.0427. The van der Waals surface area contributed by atoms with E-state index >= 15 is 0 Å². The molecule has 1 heterocycles. The third kappa shape index (κ3) is 3.22. The van der Waals surface area contributed by atoms with Crippen molar-refractivity contribution >= 4 is 5.91 Å². The van der Waals surface area contributed by atoms with Crippen molar-refractivity contribution in [3.63, 3.8) is 0 Å². The number of amides is 1. The van der Waals surface area contributed by atoms with Crippen LogP contribution in [0.4, 0.5) is 0 Å². The number of aromatic nitrogens is 2. The fourth-order valence-corrected chi connectivity index (χ4v) is 3.68. The van der Waals surface area contributed by atoms with Crippen LogP contribution in [0.15, 0.2) is 30.3 Å². The van der Waals surface area contributed by atoms with Crippen LogP contribution in [-0.2, 0) is 11.2 Å². The van der Waals surface area contributed by atoms with E-state index in [2.05, 4.69) is 10.4 Å². The van der Waals surface area contributed by atoms with Crippen LogP contribution in [0.1, 0.15) is 42.6 Å². The molecule has 1 aromatic carbocycles. The Morgan fingerprint density at radius 2 is 1.92 bits per heavy atom. The van der Waals surface area contributed by atoms with E-state index in [1.807, 2.05) is 48.9 Å². The Hall–Kier alpha value is -2.14. The maximum atomic E-state index is 12.6. The van der Waals surface area contributed by atoms with Gasteiger partial charge in [-0.15, -0.1) is 0 Å². The summed E-state index contributed by atoms with van der Waals surface area (Å²) < 4.78 is 1.91. The fraction of sp³-hybridized carbons (Fsp3) is 0.474. The van der Waals surface area contributed by atoms with Crippen LogP contribution in [0.3, 0.4) is 0 Å². The lowest BCUT2D eigenvalue weighted by molar-refractivity contribution is -0.122. The Balaban J connectivity index is 1.78. The summed E-state index contributed by atoms with van der Waals surface area (Å²) >= 11 is 0. The average Bonchev–Trinajstić information content (AvgIpc) is 3.16. The molecule has 2 aromatic rings. The van der Waals surface area contributed by atoms with E-state index in [1.165, 1.54) is 0 Å². The predicted molar refractivity (Wildman–Crippen MR) is 95.1 cm³/mol. The van der Waals surface area contributed by atoms with Gasteiger partial charge in [0.05, 0.1) is 23.3 Å². The van der Waals surface area contributed by atoms with Crippen molar-refractivity contribution in [1.82, 2.24) is 15.1 Å². The molecule has 1 aliphatic rings. The van der Waals surface area contributed by atoms with Crippen molar-refractivity contribution in [3.05, 3.63) is 47.3 Å². The fourth-order valence-electron chi connectivity index (χ4n) is 3.68. The molecule has 0 aliphatic heterocycles. The maximum Gasteiger partial charge on any atom is 0.225 e. The number of hydrogen-bond donors (Lipinski definition) is 2. The van der Waals surface area contributed by atoms with E-state index in [1.54, 1.807) is 0 Å². The summed E-state index contributed by atoms with van der Waals surface area (Å²) in [6.07, 6.45) is 4.60. The first-order chi connectivity index (χ1) is 11.5. The number of carbonyl (C=O) groups is 1. The highest BCUT2D eigenvalue weighted by Gasteiger charge is 2.34. The summed E-state index contributed by atoms with van der Waals surface area (Å²) in [5, 5.41) is 7.81. The Morgan fingerprint density at radius 3 is 2.54 bits per heavy atom. The normalized spacial score (nSPS) is 16.3. The number of hydrogen-bond acceptors (Lipinski definition) is 3. The molecule has 0 unspecified atom stereocenters. The molecule has 1 saturated carbocycles. The van der Waals surface area contributed by atoms with Crippen molar-refractivity contribution in [2.75, 3.05) is 6.54 Å². The van der Waals surface area contributed by atoms with E-state index < -0.39 is 0 Å². The van der Waals surface area contributed by atoms with E-state index in [0.717, 1.165) is 48.3 Å². The Bertz CT molecular complexity index is 714. The molecule has 1 amide bonds. The Labute approximate surface area is 143 Å². The van der Waals surface area contributed by atoms with Crippen LogP contribution >= 0.6 is 0 Å². The van der Waals surface area contributed by atoms with Gasteiger partial charge in [0.1, 0.15) is 0 Å². The number of nitrogens with one attached hydrogen (secondary N) is 1. The molecule has 0 atom stereocenters. The lowest BCUT2D eigenvalue weighted by atomic mass is 9.97. The van der Waals surface area contributed by atoms with Gasteiger partial charge in [-0.1, -0.05) is 31.0 Å². The molecular weight excluding hydrogens is 300 g/mol. The molecule has 0 radical (unpaired) electrons. The second kappa shape index (κ2) is 6.77. The van der Waals surface area contributed by atoms with Crippen LogP contribution in [-0.4, -0.2) is 27.8 Å². The monoisotopic (exact) mass is 326 g/mol. The van der Waals surface area contributed by atoms with Gasteiger partial charge in [-0.25, -0.2) is 4.68 Å². The lowest BCUT2D eigenvalue weighted by Gasteiger charge is -2.28. The number of nitrogens with zero attached hydrogens (tertiary/aromatic N) is 2. The first kappa shape index (κ1) is 16.7. The van der Waals surface area contributed by atoms with Gasteiger partial charge in [0.2, 0.25) is 5.91 Å². The molecule has 1 fully saturated rings. The van der Waals surface area contributed by atoms with Gasteiger partial charge in [-0.05, 0) is 38.8 Å². The van der Waals surface area contributed by atoms with Crippen molar-refractivity contribution < 1.29 is 4.79 Å². The Morgan fingerprint density at radius 1 is 1.25 bits per heavy atom. The second-order valence-corrected chi connectivity index (χ2v) is 6.81. The molecule has 1 aliphatic carbocycles. The minimum absolute atomic E-state index is 0.0427. The zero-order valence-electron chi connectivity index (χ0n) is 14.5. The van der Waals surface area contributed by atoms with E-state index in [0.29, 0.717) is 13.0 Å². The van der Waals surface area contributed by atoms with Crippen molar-refractivity contribution in [2.45, 2.75) is 51.5 Å². The SMILES string of the molecule is Cc1nn(-c2ccccc2)c(C)c1CC(=O)NC1(CN)CCCC1. The van der Waals surface area contributed by atoms with Gasteiger partial charge in [-0.3, -0.25) is 4.79 Å². The van der Waals surface area contributed by atoms with Crippen LogP contribution < -0.4 is 11.1 Å². The second-order valence-electron chi connectivity index (χ2n) is 6.81. The molecule has 5 nitrogen and oxygen atoms in total. The molecule has 0 bridgehead atoms. The minimum Gasteiger partial charge on any atom is -0.349 e. The summed E-state index contributed by atoms with van der Waals surface area (Å²) in [4.78, 5) is 12.6. The van der Waals surface area contributed by atoms with Gasteiger partial charge >= 0.3 is 0 Å². The molecule has 5 heteroatoms. The molecule has 128 valence electrons. The standard InChI is InChI=1S/C19H26N4O/c1-14-17(12-18(24)21-19(13-20)10-6-7-11-19)15(2)23(22-14)16-8-4-3-5-9-16/h3-5,8-9H,6-7,10-13,20H2,1-2H3,(H,21,24). The third-order valence-corrected chi connectivity index (χ3v) is 5.14. The average molecular weight is 326 g/mol. The number of carbonyl (C=O) groups excluding carboxylic acids is 1. The molecular formula is C19H26N4O. The zero-order valence-corrected chi connectivity index (χ0v) is 14.5. The molecule has 3 rings (SSSR count). The van der Waals surface area contributed by atoms with Gasteiger partial charge < -0.3 is 11.1 Å². The first-order valence-corrected chi connectivity index (χ1v) is 8.66. The van der Waals surface area contributed by atoms with Gasteiger partial charge in [0.15, 0.2) is 0 Å². The van der Waals surface area contributed by atoms with Crippen molar-refractivity contribution in [3.8, 4) is 5.69 Å². The summed E-state index contributed by atoms with van der Waals surface area (Å²) in [7, 11) is 0. The smallest absolute Gasteiger partial charge is 0.225 e. The molecule has 3 N–H and O–H groups in total. The number of nitrogens with two attached hydrogens (primary N) is 1. The van der Waals surface area contributed by atoms with E-state index in [9.17, 15) is 4.79 Å². The van der Waals surface area contributed by atoms with Crippen LogP contribution in [0.5, 0.6) is 0 Å². The summed E-state index contributed by atoms with van der Waals surface area (Å²) in [6, 6.07) is 10.0. The number of benzene rings is 1. The van der Waals surface area contributed by atoms with Gasteiger partial charge in [0.25, 0.3) is 0 Å².